The van der Waals surface area contributed by atoms with Crippen molar-refractivity contribution in [3.63, 3.8) is 0 Å². The van der Waals surface area contributed by atoms with Crippen LogP contribution in [-0.4, -0.2) is 10.9 Å². The van der Waals surface area contributed by atoms with E-state index in [0.717, 1.165) is 16.7 Å². The highest BCUT2D eigenvalue weighted by Gasteiger charge is 2.15. The number of pyridine rings is 1. The van der Waals surface area contributed by atoms with Crippen LogP contribution in [0.15, 0.2) is 42.7 Å². The summed E-state index contributed by atoms with van der Waals surface area (Å²) < 4.78 is 0. The van der Waals surface area contributed by atoms with Gasteiger partial charge in [0.15, 0.2) is 0 Å². The molecule has 0 aliphatic carbocycles. The first-order valence-electron chi connectivity index (χ1n) is 6.50. The van der Waals surface area contributed by atoms with Gasteiger partial charge in [-0.25, -0.2) is 0 Å². The molecule has 1 atom stereocenters. The molecule has 0 aliphatic rings. The smallest absolute Gasteiger partial charge is 0.227 e. The van der Waals surface area contributed by atoms with Gasteiger partial charge in [-0.2, -0.15) is 0 Å². The molecule has 0 radical (unpaired) electrons. The van der Waals surface area contributed by atoms with Gasteiger partial charge in [-0.3, -0.25) is 9.78 Å². The zero-order chi connectivity index (χ0) is 14.5. The Bertz CT molecular complexity index is 613. The third-order valence-corrected chi connectivity index (χ3v) is 3.57. The predicted octanol–water partition coefficient (Wildman–Crippen LogP) is 3.46. The molecule has 0 bridgehead atoms. The average Bonchev–Trinajstić information content (AvgIpc) is 2.45. The van der Waals surface area contributed by atoms with Gasteiger partial charge in [0.1, 0.15) is 0 Å². The minimum Gasteiger partial charge on any atom is -0.351 e. The van der Waals surface area contributed by atoms with Crippen molar-refractivity contribution in [3.05, 3.63) is 64.4 Å². The number of nitrogens with one attached hydrogen (secondary N) is 1. The molecular weight excluding hydrogens is 272 g/mol. The maximum atomic E-state index is 12.2. The van der Waals surface area contributed by atoms with Crippen molar-refractivity contribution in [2.75, 3.05) is 0 Å². The maximum absolute atomic E-state index is 12.2. The average molecular weight is 289 g/mol. The Hall–Kier alpha value is -1.87. The second kappa shape index (κ2) is 6.53. The van der Waals surface area contributed by atoms with Gasteiger partial charge < -0.3 is 5.32 Å². The summed E-state index contributed by atoms with van der Waals surface area (Å²) in [5, 5.41) is 3.59. The van der Waals surface area contributed by atoms with Crippen LogP contribution in [0.25, 0.3) is 0 Å². The van der Waals surface area contributed by atoms with Crippen LogP contribution in [0.2, 0.25) is 5.02 Å². The first-order valence-corrected chi connectivity index (χ1v) is 6.88. The summed E-state index contributed by atoms with van der Waals surface area (Å²) in [6, 6.07) is 9.31. The Kier molecular flexibility index (Phi) is 4.74. The predicted molar refractivity (Wildman–Crippen MR) is 80.7 cm³/mol. The van der Waals surface area contributed by atoms with Crippen molar-refractivity contribution in [2.45, 2.75) is 26.3 Å². The topological polar surface area (TPSA) is 42.0 Å². The number of rotatable bonds is 4. The first-order chi connectivity index (χ1) is 9.58. The van der Waals surface area contributed by atoms with E-state index in [1.54, 1.807) is 18.5 Å². The number of hydrogen-bond acceptors (Lipinski definition) is 2. The van der Waals surface area contributed by atoms with Crippen LogP contribution in [0.5, 0.6) is 0 Å². The Morgan fingerprint density at radius 3 is 2.90 bits per heavy atom. The third-order valence-electron chi connectivity index (χ3n) is 3.33. The third kappa shape index (κ3) is 3.58. The number of aryl methyl sites for hydroxylation is 1. The normalized spacial score (nSPS) is 11.9. The van der Waals surface area contributed by atoms with Gasteiger partial charge in [0.2, 0.25) is 5.91 Å². The number of nitrogens with zero attached hydrogens (tertiary/aromatic N) is 1. The quantitative estimate of drug-likeness (QED) is 0.936. The van der Waals surface area contributed by atoms with E-state index in [2.05, 4.69) is 10.3 Å². The monoisotopic (exact) mass is 288 g/mol. The Balaban J connectivity index is 2.00. The first kappa shape index (κ1) is 14.5. The van der Waals surface area contributed by atoms with E-state index in [1.807, 2.05) is 38.1 Å². The Labute approximate surface area is 124 Å². The van der Waals surface area contributed by atoms with E-state index in [9.17, 15) is 4.79 Å². The minimum atomic E-state index is -0.226. The summed E-state index contributed by atoms with van der Waals surface area (Å²) in [6.45, 7) is 4.37. The fourth-order valence-electron chi connectivity index (χ4n) is 1.96. The fourth-order valence-corrected chi connectivity index (χ4v) is 2.16. The summed E-state index contributed by atoms with van der Waals surface area (Å²) in [4.78, 5) is 16.2. The van der Waals surface area contributed by atoms with Gasteiger partial charge in [-0.1, -0.05) is 23.7 Å². The fraction of sp³-hybridized carbons (Fsp3) is 0.250. The molecule has 1 unspecified atom stereocenters. The van der Waals surface area contributed by atoms with Gasteiger partial charge in [0.05, 0.1) is 5.92 Å². The number of amides is 1. The van der Waals surface area contributed by atoms with Crippen LogP contribution in [0.1, 0.15) is 29.5 Å². The number of carbonyl (C=O) groups excluding carboxylic acids is 1. The van der Waals surface area contributed by atoms with Gasteiger partial charge in [0.25, 0.3) is 0 Å². The van der Waals surface area contributed by atoms with Gasteiger partial charge >= 0.3 is 0 Å². The van der Waals surface area contributed by atoms with Crippen LogP contribution >= 0.6 is 11.6 Å². The number of hydrogen-bond donors (Lipinski definition) is 1. The lowest BCUT2D eigenvalue weighted by Gasteiger charge is -2.13. The highest BCUT2D eigenvalue weighted by molar-refractivity contribution is 6.30. The van der Waals surface area contributed by atoms with Crippen molar-refractivity contribution in [1.82, 2.24) is 10.3 Å². The molecule has 0 spiro atoms. The molecule has 1 aromatic carbocycles. The minimum absolute atomic E-state index is 0.0107. The van der Waals surface area contributed by atoms with E-state index in [4.69, 9.17) is 11.6 Å². The number of aromatic nitrogens is 1. The summed E-state index contributed by atoms with van der Waals surface area (Å²) in [7, 11) is 0. The number of benzene rings is 1. The molecule has 0 aliphatic heterocycles. The molecule has 0 saturated carbocycles. The van der Waals surface area contributed by atoms with Gasteiger partial charge in [0, 0.05) is 24.0 Å². The van der Waals surface area contributed by atoms with E-state index < -0.39 is 0 Å². The molecule has 1 aromatic heterocycles. The lowest BCUT2D eigenvalue weighted by Crippen LogP contribution is -2.27. The SMILES string of the molecule is Cc1cnccc1CNC(=O)C(C)c1cccc(Cl)c1. The number of halogens is 1. The van der Waals surface area contributed by atoms with Crippen molar-refractivity contribution in [3.8, 4) is 0 Å². The summed E-state index contributed by atoms with van der Waals surface area (Å²) in [5.74, 6) is -0.237. The molecule has 20 heavy (non-hydrogen) atoms. The van der Waals surface area contributed by atoms with Crippen LogP contribution in [0, 0.1) is 6.92 Å². The second-order valence-electron chi connectivity index (χ2n) is 4.80. The standard InChI is InChI=1S/C16H17ClN2O/c1-11-9-18-7-6-14(11)10-19-16(20)12(2)13-4-3-5-15(17)8-13/h3-9,12H,10H2,1-2H3,(H,19,20). The molecule has 2 aromatic rings. The molecular formula is C16H17ClN2O. The van der Waals surface area contributed by atoms with Crippen LogP contribution in [-0.2, 0) is 11.3 Å². The lowest BCUT2D eigenvalue weighted by molar-refractivity contribution is -0.122. The van der Waals surface area contributed by atoms with Crippen molar-refractivity contribution in [2.24, 2.45) is 0 Å². The Morgan fingerprint density at radius 2 is 2.20 bits per heavy atom. The zero-order valence-corrected chi connectivity index (χ0v) is 12.3. The van der Waals surface area contributed by atoms with E-state index >= 15 is 0 Å². The highest BCUT2D eigenvalue weighted by Crippen LogP contribution is 2.19. The molecule has 104 valence electrons. The molecule has 2 rings (SSSR count). The summed E-state index contributed by atoms with van der Waals surface area (Å²) >= 11 is 5.95. The molecule has 1 heterocycles. The van der Waals surface area contributed by atoms with Gasteiger partial charge in [-0.05, 0) is 48.7 Å². The molecule has 1 amide bonds. The molecule has 0 saturated heterocycles. The van der Waals surface area contributed by atoms with E-state index in [-0.39, 0.29) is 11.8 Å². The Morgan fingerprint density at radius 1 is 1.40 bits per heavy atom. The van der Waals surface area contributed by atoms with Gasteiger partial charge in [-0.15, -0.1) is 0 Å². The number of carbonyl (C=O) groups is 1. The maximum Gasteiger partial charge on any atom is 0.227 e. The zero-order valence-electron chi connectivity index (χ0n) is 11.6. The van der Waals surface area contributed by atoms with Crippen molar-refractivity contribution < 1.29 is 4.79 Å². The van der Waals surface area contributed by atoms with Crippen LogP contribution in [0.3, 0.4) is 0 Å². The summed E-state index contributed by atoms with van der Waals surface area (Å²) in [5.41, 5.74) is 3.07. The summed E-state index contributed by atoms with van der Waals surface area (Å²) in [6.07, 6.45) is 3.52. The second-order valence-corrected chi connectivity index (χ2v) is 5.23. The van der Waals surface area contributed by atoms with Crippen LogP contribution < -0.4 is 5.32 Å². The molecule has 1 N–H and O–H groups in total. The largest absolute Gasteiger partial charge is 0.351 e. The molecule has 3 nitrogen and oxygen atoms in total. The van der Waals surface area contributed by atoms with Crippen LogP contribution in [0.4, 0.5) is 0 Å². The van der Waals surface area contributed by atoms with E-state index in [1.165, 1.54) is 0 Å². The van der Waals surface area contributed by atoms with Crippen molar-refractivity contribution >= 4 is 17.5 Å². The highest BCUT2D eigenvalue weighted by atomic mass is 35.5. The van der Waals surface area contributed by atoms with Crippen molar-refractivity contribution in [1.29, 1.82) is 0 Å². The lowest BCUT2D eigenvalue weighted by atomic mass is 10.0. The molecule has 0 fully saturated rings. The molecule has 4 heteroatoms. The van der Waals surface area contributed by atoms with E-state index in [0.29, 0.717) is 11.6 Å².